The van der Waals surface area contributed by atoms with Crippen LogP contribution in [0.1, 0.15) is 17.0 Å². The van der Waals surface area contributed by atoms with Gasteiger partial charge in [0.25, 0.3) is 0 Å². The molecule has 3 rings (SSSR count). The van der Waals surface area contributed by atoms with Gasteiger partial charge in [0.1, 0.15) is 23.2 Å². The van der Waals surface area contributed by atoms with Crippen LogP contribution in [0.4, 0.5) is 17.3 Å². The third-order valence-corrected chi connectivity index (χ3v) is 3.90. The van der Waals surface area contributed by atoms with Gasteiger partial charge >= 0.3 is 0 Å². The van der Waals surface area contributed by atoms with E-state index in [1.54, 1.807) is 7.11 Å². The molecule has 0 radical (unpaired) electrons. The maximum absolute atomic E-state index is 5.25. The summed E-state index contributed by atoms with van der Waals surface area (Å²) in [5, 5.41) is 6.67. The Balaban J connectivity index is 1.75. The van der Waals surface area contributed by atoms with Crippen molar-refractivity contribution in [1.82, 2.24) is 9.97 Å². The molecule has 0 aliphatic heterocycles. The molecule has 128 valence electrons. The normalized spacial score (nSPS) is 10.4. The summed E-state index contributed by atoms with van der Waals surface area (Å²) >= 11 is 0. The zero-order valence-corrected chi connectivity index (χ0v) is 14.7. The van der Waals surface area contributed by atoms with Crippen LogP contribution in [0.3, 0.4) is 0 Å². The minimum absolute atomic E-state index is 0.708. The molecule has 0 amide bonds. The minimum Gasteiger partial charge on any atom is -0.497 e. The number of benzene rings is 2. The average molecular weight is 334 g/mol. The van der Waals surface area contributed by atoms with Crippen LogP contribution in [0.2, 0.25) is 0 Å². The molecule has 2 N–H and O–H groups in total. The minimum atomic E-state index is 0.708. The molecule has 0 saturated carbocycles. The first-order chi connectivity index (χ1) is 12.1. The van der Waals surface area contributed by atoms with Crippen molar-refractivity contribution < 1.29 is 4.74 Å². The van der Waals surface area contributed by atoms with E-state index in [0.717, 1.165) is 29.6 Å². The molecule has 3 aromatic rings. The molecule has 0 bridgehead atoms. The molecule has 0 spiro atoms. The zero-order valence-electron chi connectivity index (χ0n) is 14.7. The monoisotopic (exact) mass is 334 g/mol. The third kappa shape index (κ3) is 4.47. The number of aromatic nitrogens is 2. The third-order valence-electron chi connectivity index (χ3n) is 3.90. The summed E-state index contributed by atoms with van der Waals surface area (Å²) in [6.07, 6.45) is 0. The fraction of sp³-hybridized carbons (Fsp3) is 0.200. The Kier molecular flexibility index (Phi) is 5.14. The van der Waals surface area contributed by atoms with E-state index in [2.05, 4.69) is 39.7 Å². The molecule has 2 aromatic carbocycles. The van der Waals surface area contributed by atoms with Crippen LogP contribution >= 0.6 is 0 Å². The molecular formula is C20H22N4O. The molecule has 0 fully saturated rings. The van der Waals surface area contributed by atoms with E-state index < -0.39 is 0 Å². The first-order valence-electron chi connectivity index (χ1n) is 8.19. The maximum Gasteiger partial charge on any atom is 0.136 e. The van der Waals surface area contributed by atoms with Gasteiger partial charge in [-0.25, -0.2) is 9.97 Å². The van der Waals surface area contributed by atoms with Crippen molar-refractivity contribution >= 4 is 17.3 Å². The van der Waals surface area contributed by atoms with Gasteiger partial charge in [-0.1, -0.05) is 30.3 Å². The number of nitrogens with zero attached hydrogens (tertiary/aromatic N) is 2. The lowest BCUT2D eigenvalue weighted by atomic mass is 10.1. The summed E-state index contributed by atoms with van der Waals surface area (Å²) in [7, 11) is 1.65. The van der Waals surface area contributed by atoms with E-state index in [0.29, 0.717) is 5.82 Å². The number of nitrogens with one attached hydrogen (secondary N) is 2. The van der Waals surface area contributed by atoms with Crippen LogP contribution in [-0.4, -0.2) is 17.1 Å². The van der Waals surface area contributed by atoms with Gasteiger partial charge in [-0.05, 0) is 37.1 Å². The van der Waals surface area contributed by atoms with E-state index in [1.807, 2.05) is 49.4 Å². The van der Waals surface area contributed by atoms with Crippen LogP contribution < -0.4 is 15.4 Å². The summed E-state index contributed by atoms with van der Waals surface area (Å²) in [5.41, 5.74) is 3.43. The molecule has 1 heterocycles. The lowest BCUT2D eigenvalue weighted by Crippen LogP contribution is -2.06. The van der Waals surface area contributed by atoms with Crippen LogP contribution in [0, 0.1) is 13.8 Å². The van der Waals surface area contributed by atoms with Gasteiger partial charge in [0.05, 0.1) is 7.11 Å². The molecule has 1 aromatic heterocycles. The Morgan fingerprint density at radius 3 is 2.52 bits per heavy atom. The number of hydrogen-bond donors (Lipinski definition) is 2. The van der Waals surface area contributed by atoms with Gasteiger partial charge in [0.15, 0.2) is 0 Å². The second-order valence-electron chi connectivity index (χ2n) is 5.82. The molecule has 25 heavy (non-hydrogen) atoms. The van der Waals surface area contributed by atoms with Crippen LogP contribution in [0.15, 0.2) is 54.6 Å². The van der Waals surface area contributed by atoms with Crippen LogP contribution in [0.25, 0.3) is 0 Å². The average Bonchev–Trinajstić information content (AvgIpc) is 2.61. The maximum atomic E-state index is 5.25. The van der Waals surface area contributed by atoms with Crippen LogP contribution in [0.5, 0.6) is 5.75 Å². The lowest BCUT2D eigenvalue weighted by Gasteiger charge is -2.12. The van der Waals surface area contributed by atoms with Crippen molar-refractivity contribution in [1.29, 1.82) is 0 Å². The van der Waals surface area contributed by atoms with E-state index in [4.69, 9.17) is 4.74 Å². The number of aryl methyl sites for hydroxylation is 2. The topological polar surface area (TPSA) is 59.1 Å². The number of hydrogen-bond acceptors (Lipinski definition) is 5. The fourth-order valence-electron chi connectivity index (χ4n) is 2.57. The van der Waals surface area contributed by atoms with Gasteiger partial charge in [-0.2, -0.15) is 0 Å². The summed E-state index contributed by atoms with van der Waals surface area (Å²) in [6, 6.07) is 18.0. The van der Waals surface area contributed by atoms with Crippen molar-refractivity contribution in [3.63, 3.8) is 0 Å². The molecule has 0 saturated heterocycles. The number of rotatable bonds is 6. The highest BCUT2D eigenvalue weighted by Gasteiger charge is 2.04. The summed E-state index contributed by atoms with van der Waals surface area (Å²) < 4.78 is 5.25. The molecule has 0 aliphatic rings. The highest BCUT2D eigenvalue weighted by atomic mass is 16.5. The Morgan fingerprint density at radius 2 is 1.72 bits per heavy atom. The van der Waals surface area contributed by atoms with Crippen molar-refractivity contribution in [2.75, 3.05) is 17.7 Å². The first kappa shape index (κ1) is 16.8. The second-order valence-corrected chi connectivity index (χ2v) is 5.82. The van der Waals surface area contributed by atoms with Crippen molar-refractivity contribution in [3.05, 3.63) is 71.5 Å². The first-order valence-corrected chi connectivity index (χ1v) is 8.19. The highest BCUT2D eigenvalue weighted by molar-refractivity contribution is 5.60. The van der Waals surface area contributed by atoms with Gasteiger partial charge in [-0.15, -0.1) is 0 Å². The van der Waals surface area contributed by atoms with Crippen LogP contribution in [-0.2, 0) is 6.54 Å². The molecule has 0 atom stereocenters. The summed E-state index contributed by atoms with van der Waals surface area (Å²) in [6.45, 7) is 4.72. The molecule has 0 unspecified atom stereocenters. The van der Waals surface area contributed by atoms with E-state index in [9.17, 15) is 0 Å². The van der Waals surface area contributed by atoms with Gasteiger partial charge in [0.2, 0.25) is 0 Å². The number of anilines is 3. The fourth-order valence-corrected chi connectivity index (χ4v) is 2.57. The molecular weight excluding hydrogens is 312 g/mol. The zero-order chi connectivity index (χ0) is 17.6. The Morgan fingerprint density at radius 1 is 0.920 bits per heavy atom. The van der Waals surface area contributed by atoms with Gasteiger partial charge < -0.3 is 15.4 Å². The van der Waals surface area contributed by atoms with Crippen molar-refractivity contribution in [2.24, 2.45) is 0 Å². The SMILES string of the molecule is COc1cccc(Nc2cc(NCc3ccccc3C)nc(C)n2)c1. The standard InChI is InChI=1S/C20H22N4O/c1-14-7-4-5-8-16(14)13-21-19-12-20(23-15(2)22-19)24-17-9-6-10-18(11-17)25-3/h4-12H,13H2,1-3H3,(H2,21,22,23,24). The van der Waals surface area contributed by atoms with Crippen molar-refractivity contribution in [3.8, 4) is 5.75 Å². The number of ether oxygens (including phenoxy) is 1. The quantitative estimate of drug-likeness (QED) is 0.697. The largest absolute Gasteiger partial charge is 0.497 e. The molecule has 5 heteroatoms. The Bertz CT molecular complexity index is 864. The number of methoxy groups -OCH3 is 1. The Hall–Kier alpha value is -3.08. The Labute approximate surface area is 148 Å². The second kappa shape index (κ2) is 7.66. The predicted octanol–water partition coefficient (Wildman–Crippen LogP) is 4.46. The van der Waals surface area contributed by atoms with Crippen molar-refractivity contribution in [2.45, 2.75) is 20.4 Å². The van der Waals surface area contributed by atoms with E-state index in [-0.39, 0.29) is 0 Å². The lowest BCUT2D eigenvalue weighted by molar-refractivity contribution is 0.415. The van der Waals surface area contributed by atoms with E-state index in [1.165, 1.54) is 11.1 Å². The predicted molar refractivity (Wildman–Crippen MR) is 102 cm³/mol. The highest BCUT2D eigenvalue weighted by Crippen LogP contribution is 2.22. The van der Waals surface area contributed by atoms with E-state index >= 15 is 0 Å². The van der Waals surface area contributed by atoms with Gasteiger partial charge in [0, 0.05) is 24.4 Å². The summed E-state index contributed by atoms with van der Waals surface area (Å²) in [5.74, 6) is 3.04. The molecule has 5 nitrogen and oxygen atoms in total. The smallest absolute Gasteiger partial charge is 0.136 e. The summed E-state index contributed by atoms with van der Waals surface area (Å²) in [4.78, 5) is 8.92. The van der Waals surface area contributed by atoms with Gasteiger partial charge in [-0.3, -0.25) is 0 Å². The molecule has 0 aliphatic carbocycles.